The summed E-state index contributed by atoms with van der Waals surface area (Å²) in [6.07, 6.45) is 4.50. The van der Waals surface area contributed by atoms with Crippen molar-refractivity contribution in [2.75, 3.05) is 0 Å². The topological polar surface area (TPSA) is 29.1 Å². The first kappa shape index (κ1) is 11.1. The van der Waals surface area contributed by atoms with Gasteiger partial charge in [-0.3, -0.25) is 4.79 Å². The van der Waals surface area contributed by atoms with Gasteiger partial charge in [-0.15, -0.1) is 0 Å². The Labute approximate surface area is 102 Å². The number of amides is 1. The van der Waals surface area contributed by atoms with Crippen LogP contribution in [-0.2, 0) is 0 Å². The fourth-order valence-electron chi connectivity index (χ4n) is 1.86. The van der Waals surface area contributed by atoms with Crippen molar-refractivity contribution in [1.82, 2.24) is 5.32 Å². The van der Waals surface area contributed by atoms with Crippen molar-refractivity contribution in [3.05, 3.63) is 22.4 Å². The Morgan fingerprint density at radius 3 is 2.73 bits per heavy atom. The Balaban J connectivity index is 1.85. The van der Waals surface area contributed by atoms with Crippen LogP contribution in [0, 0.1) is 0 Å². The fourth-order valence-corrected chi connectivity index (χ4v) is 3.02. The Morgan fingerprint density at radius 1 is 1.40 bits per heavy atom. The number of nitrogens with one attached hydrogen (secondary N) is 1. The maximum Gasteiger partial charge on any atom is 0.252 e. The number of halogens is 1. The van der Waals surface area contributed by atoms with Gasteiger partial charge in [-0.05, 0) is 37.1 Å². The second-order valence-corrected chi connectivity index (χ2v) is 6.01. The first-order valence-electron chi connectivity index (χ1n) is 5.23. The van der Waals surface area contributed by atoms with Crippen LogP contribution in [0.1, 0.15) is 36.0 Å². The molecule has 0 bridgehead atoms. The largest absolute Gasteiger partial charge is 0.349 e. The van der Waals surface area contributed by atoms with Crippen LogP contribution in [0.5, 0.6) is 0 Å². The third kappa shape index (κ3) is 3.05. The SMILES string of the molecule is O=C(NC1CCC(Br)CC1)c1ccsc1. The van der Waals surface area contributed by atoms with E-state index in [2.05, 4.69) is 21.2 Å². The summed E-state index contributed by atoms with van der Waals surface area (Å²) in [5.41, 5.74) is 0.793. The van der Waals surface area contributed by atoms with Crippen molar-refractivity contribution in [2.24, 2.45) is 0 Å². The van der Waals surface area contributed by atoms with E-state index in [4.69, 9.17) is 0 Å². The molecule has 0 radical (unpaired) electrons. The van der Waals surface area contributed by atoms with Crippen molar-refractivity contribution in [1.29, 1.82) is 0 Å². The van der Waals surface area contributed by atoms with Crippen LogP contribution in [0.4, 0.5) is 0 Å². The summed E-state index contributed by atoms with van der Waals surface area (Å²) in [5.74, 6) is 0.0780. The van der Waals surface area contributed by atoms with Gasteiger partial charge in [0.15, 0.2) is 0 Å². The summed E-state index contributed by atoms with van der Waals surface area (Å²) in [5, 5.41) is 6.92. The van der Waals surface area contributed by atoms with E-state index < -0.39 is 0 Å². The Bertz CT molecular complexity index is 317. The number of hydrogen-bond acceptors (Lipinski definition) is 2. The molecule has 1 aromatic rings. The van der Waals surface area contributed by atoms with Crippen LogP contribution in [-0.4, -0.2) is 16.8 Å². The number of carbonyl (C=O) groups excluding carboxylic acids is 1. The molecule has 2 nitrogen and oxygen atoms in total. The van der Waals surface area contributed by atoms with Crippen molar-refractivity contribution >= 4 is 33.2 Å². The molecule has 0 atom stereocenters. The Kier molecular flexibility index (Phi) is 3.81. The molecule has 15 heavy (non-hydrogen) atoms. The average molecular weight is 288 g/mol. The van der Waals surface area contributed by atoms with Crippen LogP contribution < -0.4 is 5.32 Å². The van der Waals surface area contributed by atoms with Crippen LogP contribution in [0.15, 0.2) is 16.8 Å². The normalized spacial score (nSPS) is 26.2. The second kappa shape index (κ2) is 5.12. The zero-order valence-corrected chi connectivity index (χ0v) is 10.8. The number of alkyl halides is 1. The van der Waals surface area contributed by atoms with E-state index in [0.717, 1.165) is 31.2 Å². The van der Waals surface area contributed by atoms with E-state index in [1.165, 1.54) is 0 Å². The van der Waals surface area contributed by atoms with Gasteiger partial charge in [0.05, 0.1) is 0 Å². The zero-order valence-electron chi connectivity index (χ0n) is 8.41. The molecule has 1 aliphatic carbocycles. The van der Waals surface area contributed by atoms with Crippen molar-refractivity contribution in [3.8, 4) is 0 Å². The van der Waals surface area contributed by atoms with Gasteiger partial charge in [0.2, 0.25) is 0 Å². The number of hydrogen-bond donors (Lipinski definition) is 1. The minimum Gasteiger partial charge on any atom is -0.349 e. The molecule has 1 aliphatic rings. The van der Waals surface area contributed by atoms with Crippen molar-refractivity contribution in [3.63, 3.8) is 0 Å². The van der Waals surface area contributed by atoms with E-state index >= 15 is 0 Å². The van der Waals surface area contributed by atoms with Gasteiger partial charge in [-0.1, -0.05) is 15.9 Å². The van der Waals surface area contributed by atoms with Gasteiger partial charge >= 0.3 is 0 Å². The molecule has 4 heteroatoms. The molecule has 0 spiro atoms. The van der Waals surface area contributed by atoms with E-state index in [9.17, 15) is 4.79 Å². The summed E-state index contributed by atoms with van der Waals surface area (Å²) in [6, 6.07) is 2.24. The lowest BCUT2D eigenvalue weighted by atomic mass is 9.95. The number of carbonyl (C=O) groups is 1. The van der Waals surface area contributed by atoms with Gasteiger partial charge in [0.1, 0.15) is 0 Å². The van der Waals surface area contributed by atoms with Crippen molar-refractivity contribution in [2.45, 2.75) is 36.6 Å². The summed E-state index contributed by atoms with van der Waals surface area (Å²) in [7, 11) is 0. The molecule has 82 valence electrons. The fraction of sp³-hybridized carbons (Fsp3) is 0.545. The summed E-state index contributed by atoms with van der Waals surface area (Å²) in [4.78, 5) is 12.4. The third-order valence-corrected chi connectivity index (χ3v) is 4.37. The first-order valence-corrected chi connectivity index (χ1v) is 7.08. The highest BCUT2D eigenvalue weighted by Crippen LogP contribution is 2.24. The number of thiophene rings is 1. The third-order valence-electron chi connectivity index (χ3n) is 2.78. The maximum absolute atomic E-state index is 11.7. The van der Waals surface area contributed by atoms with Gasteiger partial charge in [-0.2, -0.15) is 11.3 Å². The van der Waals surface area contributed by atoms with Gasteiger partial charge in [-0.25, -0.2) is 0 Å². The summed E-state index contributed by atoms with van der Waals surface area (Å²) in [6.45, 7) is 0. The van der Waals surface area contributed by atoms with Gasteiger partial charge in [0.25, 0.3) is 5.91 Å². The molecule has 0 saturated heterocycles. The van der Waals surface area contributed by atoms with Gasteiger partial charge in [0, 0.05) is 21.8 Å². The standard InChI is InChI=1S/C11H14BrNOS/c12-9-1-3-10(4-2-9)13-11(14)8-5-6-15-7-8/h5-7,9-10H,1-4H2,(H,13,14). The molecule has 2 rings (SSSR count). The monoisotopic (exact) mass is 287 g/mol. The van der Waals surface area contributed by atoms with Crippen LogP contribution >= 0.6 is 27.3 Å². The lowest BCUT2D eigenvalue weighted by Crippen LogP contribution is -2.37. The summed E-state index contributed by atoms with van der Waals surface area (Å²) < 4.78 is 0. The average Bonchev–Trinajstić information content (AvgIpc) is 2.74. The highest BCUT2D eigenvalue weighted by molar-refractivity contribution is 9.09. The first-order chi connectivity index (χ1) is 7.25. The Morgan fingerprint density at radius 2 is 2.13 bits per heavy atom. The molecule has 1 saturated carbocycles. The molecular formula is C11H14BrNOS. The zero-order chi connectivity index (χ0) is 10.7. The minimum atomic E-state index is 0.0780. The second-order valence-electron chi connectivity index (χ2n) is 3.93. The predicted molar refractivity (Wildman–Crippen MR) is 66.8 cm³/mol. The highest BCUT2D eigenvalue weighted by Gasteiger charge is 2.20. The maximum atomic E-state index is 11.7. The summed E-state index contributed by atoms with van der Waals surface area (Å²) >= 11 is 5.17. The minimum absolute atomic E-state index is 0.0780. The van der Waals surface area contributed by atoms with Crippen LogP contribution in [0.25, 0.3) is 0 Å². The van der Waals surface area contributed by atoms with E-state index in [1.807, 2.05) is 16.8 Å². The Hall–Kier alpha value is -0.350. The van der Waals surface area contributed by atoms with E-state index in [1.54, 1.807) is 11.3 Å². The van der Waals surface area contributed by atoms with E-state index in [-0.39, 0.29) is 5.91 Å². The molecular weight excluding hydrogens is 274 g/mol. The smallest absolute Gasteiger partial charge is 0.252 e. The van der Waals surface area contributed by atoms with Crippen molar-refractivity contribution < 1.29 is 4.79 Å². The van der Waals surface area contributed by atoms with E-state index in [0.29, 0.717) is 10.9 Å². The van der Waals surface area contributed by atoms with Gasteiger partial charge < -0.3 is 5.32 Å². The number of rotatable bonds is 2. The molecule has 1 amide bonds. The molecule has 1 fully saturated rings. The molecule has 1 aromatic heterocycles. The predicted octanol–water partition coefficient (Wildman–Crippen LogP) is 3.18. The highest BCUT2D eigenvalue weighted by atomic mass is 79.9. The lowest BCUT2D eigenvalue weighted by molar-refractivity contribution is 0.0929. The lowest BCUT2D eigenvalue weighted by Gasteiger charge is -2.25. The molecule has 1 N–H and O–H groups in total. The molecule has 1 heterocycles. The molecule has 0 unspecified atom stereocenters. The molecule has 0 aromatic carbocycles. The quantitative estimate of drug-likeness (QED) is 0.832. The van der Waals surface area contributed by atoms with Crippen LogP contribution in [0.3, 0.4) is 0 Å². The molecule has 0 aliphatic heterocycles. The van der Waals surface area contributed by atoms with Crippen LogP contribution in [0.2, 0.25) is 0 Å².